The molecule has 0 amide bonds. The van der Waals surface area contributed by atoms with Crippen molar-refractivity contribution in [3.63, 3.8) is 0 Å². The first-order valence-electron chi connectivity index (χ1n) is 10.8. The van der Waals surface area contributed by atoms with Crippen molar-refractivity contribution in [1.29, 1.82) is 0 Å². The van der Waals surface area contributed by atoms with E-state index in [1.807, 2.05) is 42.5 Å². The molecule has 1 fully saturated rings. The number of fused-ring (bicyclic) bond motifs is 1. The summed E-state index contributed by atoms with van der Waals surface area (Å²) in [5.41, 5.74) is 3.84. The average Bonchev–Trinajstić information content (AvgIpc) is 2.84. The number of Topliss-reactive ketones (excluding diaryl/α,β-unsaturated/α-hetero) is 2. The van der Waals surface area contributed by atoms with Gasteiger partial charge in [0.25, 0.3) is 0 Å². The third kappa shape index (κ3) is 3.90. The maximum Gasteiger partial charge on any atom is 0.211 e. The Morgan fingerprint density at radius 2 is 1.22 bits per heavy atom. The van der Waals surface area contributed by atoms with E-state index < -0.39 is 0 Å². The van der Waals surface area contributed by atoms with E-state index in [1.165, 1.54) is 11.8 Å². The second-order valence-corrected chi connectivity index (χ2v) is 9.25. The Morgan fingerprint density at radius 1 is 0.656 bits per heavy atom. The van der Waals surface area contributed by atoms with E-state index in [2.05, 4.69) is 41.1 Å². The molecule has 4 nitrogen and oxygen atoms in total. The van der Waals surface area contributed by atoms with Gasteiger partial charge in [0.05, 0.1) is 4.91 Å². The molecule has 2 aliphatic rings. The molecule has 0 spiro atoms. The van der Waals surface area contributed by atoms with Crippen LogP contribution in [0.1, 0.15) is 20.7 Å². The van der Waals surface area contributed by atoms with E-state index in [0.717, 1.165) is 42.2 Å². The van der Waals surface area contributed by atoms with Gasteiger partial charge in [-0.1, -0.05) is 78.5 Å². The maximum atomic E-state index is 13.5. The molecule has 0 aromatic heterocycles. The molecule has 0 atom stereocenters. The van der Waals surface area contributed by atoms with Crippen molar-refractivity contribution in [2.24, 2.45) is 0 Å². The molecule has 0 saturated carbocycles. The molecule has 3 aromatic carbocycles. The summed E-state index contributed by atoms with van der Waals surface area (Å²) in [5.74, 6) is -0.112. The molecule has 5 heteroatoms. The van der Waals surface area contributed by atoms with Gasteiger partial charge in [-0.05, 0) is 30.3 Å². The van der Waals surface area contributed by atoms with E-state index >= 15 is 0 Å². The van der Waals surface area contributed by atoms with Crippen molar-refractivity contribution in [1.82, 2.24) is 9.80 Å². The third-order valence-corrected chi connectivity index (χ3v) is 7.14. The number of rotatable bonds is 4. The number of carbonyl (C=O) groups is 2. The fourth-order valence-electron chi connectivity index (χ4n) is 4.22. The maximum absolute atomic E-state index is 13.5. The lowest BCUT2D eigenvalue weighted by molar-refractivity contribution is 0.0923. The molecule has 1 aliphatic carbocycles. The third-order valence-electron chi connectivity index (χ3n) is 6.05. The van der Waals surface area contributed by atoms with Gasteiger partial charge in [-0.25, -0.2) is 0 Å². The highest BCUT2D eigenvalue weighted by molar-refractivity contribution is 8.04. The number of ketones is 2. The number of thioether (sulfide) groups is 1. The first-order valence-corrected chi connectivity index (χ1v) is 11.6. The second kappa shape index (κ2) is 8.77. The number of hydrogen-bond acceptors (Lipinski definition) is 5. The van der Waals surface area contributed by atoms with E-state index in [0.29, 0.717) is 21.7 Å². The van der Waals surface area contributed by atoms with Crippen LogP contribution in [0.2, 0.25) is 0 Å². The topological polar surface area (TPSA) is 40.6 Å². The summed E-state index contributed by atoms with van der Waals surface area (Å²) < 4.78 is 0. The highest BCUT2D eigenvalue weighted by atomic mass is 32.2. The molecular formula is C27H24N2O2S. The lowest BCUT2D eigenvalue weighted by atomic mass is 9.91. The number of likely N-dealkylation sites (N-methyl/N-ethyl adjacent to an activating group) is 1. The molecular weight excluding hydrogens is 416 g/mol. The van der Waals surface area contributed by atoms with Gasteiger partial charge in [0, 0.05) is 42.2 Å². The Hall–Kier alpha value is -3.15. The number of carbonyl (C=O) groups excluding carboxylic acids is 2. The van der Waals surface area contributed by atoms with Crippen LogP contribution < -0.4 is 0 Å². The first kappa shape index (κ1) is 20.7. The Bertz CT molecular complexity index is 1190. The Morgan fingerprint density at radius 3 is 1.88 bits per heavy atom. The molecule has 0 bridgehead atoms. The number of allylic oxidation sites excluding steroid dienone is 2. The smallest absolute Gasteiger partial charge is 0.211 e. The predicted octanol–water partition coefficient (Wildman–Crippen LogP) is 4.98. The summed E-state index contributed by atoms with van der Waals surface area (Å²) in [7, 11) is 2.08. The van der Waals surface area contributed by atoms with Gasteiger partial charge in [0.15, 0.2) is 0 Å². The van der Waals surface area contributed by atoms with Crippen molar-refractivity contribution >= 4 is 23.3 Å². The van der Waals surface area contributed by atoms with Crippen LogP contribution in [0, 0.1) is 0 Å². The van der Waals surface area contributed by atoms with Gasteiger partial charge in [0.2, 0.25) is 11.6 Å². The standard InChI is InChI=1S/C27H24N2O2S/c1-28-15-17-29(18-16-28)24-25(30)22-9-5-6-10-23(22)26(31)27(24)32-21-13-11-20(12-14-21)19-7-3-2-4-8-19/h2-14H,15-18H2,1H3. The lowest BCUT2D eigenvalue weighted by Gasteiger charge is -2.37. The predicted molar refractivity (Wildman–Crippen MR) is 129 cm³/mol. The van der Waals surface area contributed by atoms with Crippen molar-refractivity contribution in [3.05, 3.63) is 101 Å². The van der Waals surface area contributed by atoms with Crippen LogP contribution in [-0.2, 0) is 0 Å². The largest absolute Gasteiger partial charge is 0.365 e. The van der Waals surface area contributed by atoms with Crippen LogP contribution in [0.3, 0.4) is 0 Å². The van der Waals surface area contributed by atoms with Crippen LogP contribution in [0.15, 0.2) is 94.4 Å². The number of hydrogen-bond donors (Lipinski definition) is 0. The fourth-order valence-corrected chi connectivity index (χ4v) is 5.24. The minimum Gasteiger partial charge on any atom is -0.365 e. The van der Waals surface area contributed by atoms with Crippen LogP contribution in [0.25, 0.3) is 11.1 Å². The summed E-state index contributed by atoms with van der Waals surface area (Å²) in [6, 6.07) is 25.6. The summed E-state index contributed by atoms with van der Waals surface area (Å²) >= 11 is 1.40. The molecule has 1 heterocycles. The van der Waals surface area contributed by atoms with Crippen LogP contribution in [-0.4, -0.2) is 54.6 Å². The van der Waals surface area contributed by atoms with Crippen LogP contribution in [0.4, 0.5) is 0 Å². The summed E-state index contributed by atoms with van der Waals surface area (Å²) in [4.78, 5) is 32.8. The summed E-state index contributed by atoms with van der Waals surface area (Å²) in [6.07, 6.45) is 0. The van der Waals surface area contributed by atoms with Gasteiger partial charge >= 0.3 is 0 Å². The number of benzene rings is 3. The van der Waals surface area contributed by atoms with Gasteiger partial charge in [0.1, 0.15) is 5.70 Å². The van der Waals surface area contributed by atoms with Crippen LogP contribution >= 0.6 is 11.8 Å². The highest BCUT2D eigenvalue weighted by Crippen LogP contribution is 2.39. The number of nitrogens with zero attached hydrogens (tertiary/aromatic N) is 2. The highest BCUT2D eigenvalue weighted by Gasteiger charge is 2.36. The summed E-state index contributed by atoms with van der Waals surface area (Å²) in [5, 5.41) is 0. The van der Waals surface area contributed by atoms with Gasteiger partial charge in [-0.2, -0.15) is 0 Å². The van der Waals surface area contributed by atoms with Gasteiger partial charge in [-0.3, -0.25) is 9.59 Å². The van der Waals surface area contributed by atoms with E-state index in [9.17, 15) is 9.59 Å². The minimum absolute atomic E-state index is 0.0480. The molecule has 160 valence electrons. The molecule has 32 heavy (non-hydrogen) atoms. The van der Waals surface area contributed by atoms with Crippen molar-refractivity contribution < 1.29 is 9.59 Å². The Labute approximate surface area is 192 Å². The number of piperazine rings is 1. The van der Waals surface area contributed by atoms with Crippen LogP contribution in [0.5, 0.6) is 0 Å². The van der Waals surface area contributed by atoms with Crippen molar-refractivity contribution in [2.45, 2.75) is 4.90 Å². The zero-order valence-corrected chi connectivity index (χ0v) is 18.8. The second-order valence-electron chi connectivity index (χ2n) is 8.16. The average molecular weight is 441 g/mol. The molecule has 0 N–H and O–H groups in total. The molecule has 5 rings (SSSR count). The molecule has 1 saturated heterocycles. The van der Waals surface area contributed by atoms with E-state index in [-0.39, 0.29) is 11.6 Å². The fraction of sp³-hybridized carbons (Fsp3) is 0.185. The van der Waals surface area contributed by atoms with E-state index in [1.54, 1.807) is 12.1 Å². The Kier molecular flexibility index (Phi) is 5.68. The molecule has 0 radical (unpaired) electrons. The molecule has 0 unspecified atom stereocenters. The van der Waals surface area contributed by atoms with Gasteiger partial charge < -0.3 is 9.80 Å². The molecule has 3 aromatic rings. The van der Waals surface area contributed by atoms with Crippen molar-refractivity contribution in [3.8, 4) is 11.1 Å². The first-order chi connectivity index (χ1) is 15.6. The summed E-state index contributed by atoms with van der Waals surface area (Å²) in [6.45, 7) is 3.22. The zero-order chi connectivity index (χ0) is 22.1. The normalized spacial score (nSPS) is 17.0. The Balaban J connectivity index is 1.52. The monoisotopic (exact) mass is 440 g/mol. The van der Waals surface area contributed by atoms with Gasteiger partial charge in [-0.15, -0.1) is 0 Å². The quantitative estimate of drug-likeness (QED) is 0.572. The van der Waals surface area contributed by atoms with Crippen molar-refractivity contribution in [2.75, 3.05) is 33.2 Å². The SMILES string of the molecule is CN1CCN(C2=C(Sc3ccc(-c4ccccc4)cc3)C(=O)c3ccccc3C2=O)CC1. The van der Waals surface area contributed by atoms with E-state index in [4.69, 9.17) is 0 Å². The lowest BCUT2D eigenvalue weighted by Crippen LogP contribution is -2.46. The molecule has 1 aliphatic heterocycles. The minimum atomic E-state index is -0.0636. The zero-order valence-electron chi connectivity index (χ0n) is 18.0.